The molecule has 0 aromatic carbocycles. The van der Waals surface area contributed by atoms with Crippen molar-refractivity contribution < 1.29 is 9.36 Å². The molecular formula is C14H17N2OS2+. The lowest BCUT2D eigenvalue weighted by molar-refractivity contribution is -0.712. The van der Waals surface area contributed by atoms with Crippen molar-refractivity contribution in [2.45, 2.75) is 26.8 Å². The molecule has 0 aliphatic carbocycles. The third kappa shape index (κ3) is 3.85. The number of carbonyl (C=O) groups excluding carboxylic acids is 1. The summed E-state index contributed by atoms with van der Waals surface area (Å²) in [5, 5.41) is 9.29. The standard InChI is InChI=1S/C14H16N2OS2/c1-14(2,3)12(17)11(10(9-15)13(18)19)16-7-5-4-6-8-16/h4-8,10-11H,1-3H3/p+1/t10-,11+/m1/s1. The van der Waals surface area contributed by atoms with E-state index in [4.69, 9.17) is 12.2 Å². The molecule has 0 aliphatic rings. The summed E-state index contributed by atoms with van der Waals surface area (Å²) >= 11 is 9.11. The smallest absolute Gasteiger partial charge is 0.237 e. The first-order chi connectivity index (χ1) is 8.79. The Bertz CT molecular complexity index is 514. The molecule has 0 N–H and O–H groups in total. The van der Waals surface area contributed by atoms with E-state index in [1.807, 2.05) is 39.0 Å². The first-order valence-corrected chi connectivity index (χ1v) is 6.77. The number of ketones is 1. The Morgan fingerprint density at radius 2 is 1.84 bits per heavy atom. The summed E-state index contributed by atoms with van der Waals surface area (Å²) in [6.45, 7) is 5.51. The van der Waals surface area contributed by atoms with E-state index < -0.39 is 17.4 Å². The SMILES string of the molecule is CC(C)(C)C(=O)[C@H]([C@@H](C#N)C(=S)S)[n+]1ccccc1. The highest BCUT2D eigenvalue weighted by Gasteiger charge is 2.43. The maximum Gasteiger partial charge on any atom is 0.237 e. The topological polar surface area (TPSA) is 44.7 Å². The second-order valence-electron chi connectivity index (χ2n) is 5.33. The van der Waals surface area contributed by atoms with E-state index in [9.17, 15) is 10.1 Å². The van der Waals surface area contributed by atoms with Crippen LogP contribution in [0.25, 0.3) is 0 Å². The Morgan fingerprint density at radius 3 is 2.21 bits per heavy atom. The van der Waals surface area contributed by atoms with Gasteiger partial charge in [0.15, 0.2) is 18.3 Å². The Hall–Kier alpha value is -1.25. The second-order valence-corrected chi connectivity index (χ2v) is 6.55. The van der Waals surface area contributed by atoms with Crippen LogP contribution in [0.1, 0.15) is 26.8 Å². The van der Waals surface area contributed by atoms with E-state index in [0.717, 1.165) is 0 Å². The zero-order valence-electron chi connectivity index (χ0n) is 11.2. The number of rotatable bonds is 4. The summed E-state index contributed by atoms with van der Waals surface area (Å²) in [6.07, 6.45) is 3.54. The summed E-state index contributed by atoms with van der Waals surface area (Å²) < 4.78 is 1.96. The summed E-state index contributed by atoms with van der Waals surface area (Å²) in [6, 6.07) is 6.94. The highest BCUT2D eigenvalue weighted by molar-refractivity contribution is 8.11. The van der Waals surface area contributed by atoms with Crippen LogP contribution in [0.3, 0.4) is 0 Å². The average molecular weight is 293 g/mol. The van der Waals surface area contributed by atoms with Crippen molar-refractivity contribution >= 4 is 34.8 Å². The molecule has 3 nitrogen and oxygen atoms in total. The molecule has 1 rings (SSSR count). The Balaban J connectivity index is 3.31. The predicted octanol–water partition coefficient (Wildman–Crippen LogP) is 2.53. The van der Waals surface area contributed by atoms with Gasteiger partial charge in [-0.1, -0.05) is 39.1 Å². The second kappa shape index (κ2) is 6.27. The van der Waals surface area contributed by atoms with Gasteiger partial charge < -0.3 is 0 Å². The molecule has 0 radical (unpaired) electrons. The van der Waals surface area contributed by atoms with Gasteiger partial charge in [0.2, 0.25) is 11.8 Å². The molecule has 1 aromatic heterocycles. The van der Waals surface area contributed by atoms with Gasteiger partial charge in [-0.2, -0.15) is 9.83 Å². The van der Waals surface area contributed by atoms with Gasteiger partial charge in [-0.15, -0.1) is 12.6 Å². The Kier molecular flexibility index (Phi) is 5.21. The van der Waals surface area contributed by atoms with Crippen molar-refractivity contribution in [1.82, 2.24) is 0 Å². The molecule has 1 heterocycles. The van der Waals surface area contributed by atoms with E-state index in [0.29, 0.717) is 0 Å². The maximum absolute atomic E-state index is 12.6. The third-order valence-corrected chi connectivity index (χ3v) is 3.32. The molecule has 19 heavy (non-hydrogen) atoms. The van der Waals surface area contributed by atoms with Crippen LogP contribution in [0.4, 0.5) is 0 Å². The van der Waals surface area contributed by atoms with E-state index in [-0.39, 0.29) is 9.98 Å². The highest BCUT2D eigenvalue weighted by atomic mass is 32.1. The minimum Gasteiger partial charge on any atom is -0.292 e. The summed E-state index contributed by atoms with van der Waals surface area (Å²) in [5.74, 6) is -0.760. The van der Waals surface area contributed by atoms with Gasteiger partial charge in [0.1, 0.15) is 0 Å². The van der Waals surface area contributed by atoms with Gasteiger partial charge in [-0.3, -0.25) is 4.79 Å². The number of carbonyl (C=O) groups is 1. The lowest BCUT2D eigenvalue weighted by Crippen LogP contribution is -2.51. The number of thiocarbonyl (C=S) groups is 1. The van der Waals surface area contributed by atoms with Crippen molar-refractivity contribution in [2.24, 2.45) is 11.3 Å². The average Bonchev–Trinajstić information content (AvgIpc) is 2.34. The van der Waals surface area contributed by atoms with Crippen LogP contribution in [0, 0.1) is 22.7 Å². The fraction of sp³-hybridized carbons (Fsp3) is 0.429. The van der Waals surface area contributed by atoms with Gasteiger partial charge >= 0.3 is 0 Å². The van der Waals surface area contributed by atoms with Crippen molar-refractivity contribution in [2.75, 3.05) is 0 Å². The van der Waals surface area contributed by atoms with Gasteiger partial charge in [-0.05, 0) is 0 Å². The molecule has 0 aliphatic heterocycles. The molecule has 0 saturated heterocycles. The quantitative estimate of drug-likeness (QED) is 0.527. The Morgan fingerprint density at radius 1 is 1.32 bits per heavy atom. The number of Topliss-reactive ketones (excluding diaryl/α,β-unsaturated/α-hetero) is 1. The number of pyridine rings is 1. The minimum atomic E-state index is -0.725. The van der Waals surface area contributed by atoms with Crippen LogP contribution < -0.4 is 4.57 Å². The van der Waals surface area contributed by atoms with Crippen LogP contribution in [0.5, 0.6) is 0 Å². The molecule has 0 fully saturated rings. The molecule has 0 saturated carbocycles. The van der Waals surface area contributed by atoms with E-state index in [1.165, 1.54) is 0 Å². The molecule has 100 valence electrons. The van der Waals surface area contributed by atoms with Crippen molar-refractivity contribution in [3.05, 3.63) is 30.6 Å². The minimum absolute atomic E-state index is 0.0355. The van der Waals surface area contributed by atoms with E-state index >= 15 is 0 Å². The van der Waals surface area contributed by atoms with Gasteiger partial charge in [-0.25, -0.2) is 0 Å². The van der Waals surface area contributed by atoms with Crippen LogP contribution in [0.2, 0.25) is 0 Å². The van der Waals surface area contributed by atoms with Gasteiger partial charge in [0, 0.05) is 17.5 Å². The van der Waals surface area contributed by atoms with Crippen molar-refractivity contribution in [3.63, 3.8) is 0 Å². The third-order valence-electron chi connectivity index (χ3n) is 2.79. The largest absolute Gasteiger partial charge is 0.292 e. The maximum atomic E-state index is 12.6. The molecule has 1 aromatic rings. The molecular weight excluding hydrogens is 276 g/mol. The molecule has 2 atom stereocenters. The Labute approximate surface area is 124 Å². The summed E-state index contributed by atoms with van der Waals surface area (Å²) in [5.41, 5.74) is -0.554. The fourth-order valence-corrected chi connectivity index (χ4v) is 2.14. The zero-order chi connectivity index (χ0) is 14.6. The first-order valence-electron chi connectivity index (χ1n) is 5.91. The van der Waals surface area contributed by atoms with Crippen molar-refractivity contribution in [1.29, 1.82) is 5.26 Å². The highest BCUT2D eigenvalue weighted by Crippen LogP contribution is 2.27. The molecule has 0 bridgehead atoms. The summed E-state index contributed by atoms with van der Waals surface area (Å²) in [7, 11) is 0. The van der Waals surface area contributed by atoms with Gasteiger partial charge in [0.25, 0.3) is 0 Å². The van der Waals surface area contributed by atoms with Crippen LogP contribution in [-0.4, -0.2) is 9.98 Å². The predicted molar refractivity (Wildman–Crippen MR) is 80.8 cm³/mol. The molecule has 0 spiro atoms. The number of thiol groups is 1. The van der Waals surface area contributed by atoms with Gasteiger partial charge in [0.05, 0.1) is 10.3 Å². The van der Waals surface area contributed by atoms with Crippen LogP contribution in [-0.2, 0) is 4.79 Å². The fourth-order valence-electron chi connectivity index (χ4n) is 1.76. The van der Waals surface area contributed by atoms with Crippen molar-refractivity contribution in [3.8, 4) is 6.07 Å². The number of nitrogens with zero attached hydrogens (tertiary/aromatic N) is 2. The zero-order valence-corrected chi connectivity index (χ0v) is 12.9. The van der Waals surface area contributed by atoms with E-state index in [1.54, 1.807) is 17.0 Å². The van der Waals surface area contributed by atoms with Crippen LogP contribution in [0.15, 0.2) is 30.6 Å². The number of aromatic nitrogens is 1. The number of nitriles is 1. The monoisotopic (exact) mass is 293 g/mol. The molecule has 0 unspecified atom stereocenters. The number of hydrogen-bond donors (Lipinski definition) is 1. The normalized spacial score (nSPS) is 14.3. The molecule has 5 heteroatoms. The van der Waals surface area contributed by atoms with E-state index in [2.05, 4.69) is 18.7 Å². The number of hydrogen-bond acceptors (Lipinski definition) is 3. The summed E-state index contributed by atoms with van der Waals surface area (Å²) in [4.78, 5) is 12.6. The lowest BCUT2D eigenvalue weighted by Gasteiger charge is -2.23. The van der Waals surface area contributed by atoms with Crippen LogP contribution >= 0.6 is 24.8 Å². The lowest BCUT2D eigenvalue weighted by atomic mass is 9.82. The molecule has 0 amide bonds. The first kappa shape index (κ1) is 15.8.